The van der Waals surface area contributed by atoms with Crippen molar-refractivity contribution in [1.29, 1.82) is 0 Å². The summed E-state index contributed by atoms with van der Waals surface area (Å²) in [5.74, 6) is 0.708. The van der Waals surface area contributed by atoms with Gasteiger partial charge in [-0.15, -0.1) is 0 Å². The fourth-order valence-electron chi connectivity index (χ4n) is 1.96. The topological polar surface area (TPSA) is 47.6 Å². The Hall–Kier alpha value is -1.97. The van der Waals surface area contributed by atoms with E-state index in [-0.39, 0.29) is 0 Å². The summed E-state index contributed by atoms with van der Waals surface area (Å²) in [6.07, 6.45) is 3.20. The highest BCUT2D eigenvalue weighted by Crippen LogP contribution is 2.26. The molecule has 0 saturated heterocycles. The molecule has 0 amide bonds. The van der Waals surface area contributed by atoms with Crippen molar-refractivity contribution in [3.63, 3.8) is 0 Å². The summed E-state index contributed by atoms with van der Waals surface area (Å²) in [5.41, 5.74) is 7.90. The molecule has 0 heterocycles. The third-order valence-corrected chi connectivity index (χ3v) is 3.78. The highest BCUT2D eigenvalue weighted by atomic mass is 35.5. The molecule has 22 heavy (non-hydrogen) atoms. The van der Waals surface area contributed by atoms with Gasteiger partial charge in [0, 0.05) is 28.2 Å². The van der Waals surface area contributed by atoms with Gasteiger partial charge >= 0.3 is 0 Å². The highest BCUT2D eigenvalue weighted by Gasteiger charge is 2.07. The average molecular weight is 335 g/mol. The zero-order valence-electron chi connectivity index (χ0n) is 12.1. The van der Waals surface area contributed by atoms with Crippen LogP contribution in [0.5, 0.6) is 5.75 Å². The fraction of sp³-hybridized carbons (Fsp3) is 0.118. The molecule has 0 aromatic heterocycles. The molecule has 0 atom stereocenters. The number of halogens is 2. The van der Waals surface area contributed by atoms with E-state index in [0.29, 0.717) is 22.4 Å². The Bertz CT molecular complexity index is 691. The monoisotopic (exact) mass is 334 g/mol. The molecule has 2 rings (SSSR count). The molecule has 5 heteroatoms. The van der Waals surface area contributed by atoms with Gasteiger partial charge in [0.25, 0.3) is 0 Å². The lowest BCUT2D eigenvalue weighted by Crippen LogP contribution is -2.01. The molecule has 0 aliphatic rings. The second-order valence-electron chi connectivity index (χ2n) is 4.48. The quantitative estimate of drug-likeness (QED) is 0.820. The van der Waals surface area contributed by atoms with Gasteiger partial charge in [0.05, 0.1) is 5.71 Å². The maximum Gasteiger partial charge on any atom is 0.120 e. The zero-order valence-corrected chi connectivity index (χ0v) is 13.6. The van der Waals surface area contributed by atoms with Gasteiger partial charge in [0.1, 0.15) is 12.4 Å². The van der Waals surface area contributed by atoms with Crippen molar-refractivity contribution in [3.8, 4) is 5.75 Å². The van der Waals surface area contributed by atoms with E-state index >= 15 is 0 Å². The van der Waals surface area contributed by atoms with Crippen LogP contribution in [-0.2, 0) is 6.61 Å². The SMILES string of the molecule is CN=C(/C=C\N)c1cccc(OCc2c(Cl)cccc2Cl)c1. The number of ether oxygens (including phenoxy) is 1. The van der Waals surface area contributed by atoms with Crippen molar-refractivity contribution in [1.82, 2.24) is 0 Å². The molecule has 2 aromatic rings. The minimum atomic E-state index is 0.299. The van der Waals surface area contributed by atoms with E-state index in [2.05, 4.69) is 4.99 Å². The van der Waals surface area contributed by atoms with Gasteiger partial charge in [-0.05, 0) is 36.5 Å². The smallest absolute Gasteiger partial charge is 0.120 e. The number of hydrogen-bond acceptors (Lipinski definition) is 3. The molecule has 3 nitrogen and oxygen atoms in total. The lowest BCUT2D eigenvalue weighted by atomic mass is 10.1. The maximum atomic E-state index is 6.13. The van der Waals surface area contributed by atoms with E-state index in [1.807, 2.05) is 24.3 Å². The minimum Gasteiger partial charge on any atom is -0.489 e. The number of nitrogens with zero attached hydrogens (tertiary/aromatic N) is 1. The van der Waals surface area contributed by atoms with Crippen LogP contribution in [-0.4, -0.2) is 12.8 Å². The number of benzene rings is 2. The van der Waals surface area contributed by atoms with Crippen LogP contribution in [0.2, 0.25) is 10.0 Å². The van der Waals surface area contributed by atoms with Crippen LogP contribution < -0.4 is 10.5 Å². The highest BCUT2D eigenvalue weighted by molar-refractivity contribution is 6.35. The number of rotatable bonds is 5. The molecule has 114 valence electrons. The minimum absolute atomic E-state index is 0.299. The van der Waals surface area contributed by atoms with Gasteiger partial charge in [-0.3, -0.25) is 4.99 Å². The van der Waals surface area contributed by atoms with Crippen LogP contribution in [0.3, 0.4) is 0 Å². The maximum absolute atomic E-state index is 6.13. The molecule has 0 aliphatic heterocycles. The second kappa shape index (κ2) is 7.87. The third kappa shape index (κ3) is 4.03. The average Bonchev–Trinajstić information content (AvgIpc) is 2.52. The summed E-state index contributed by atoms with van der Waals surface area (Å²) in [6, 6.07) is 13.0. The van der Waals surface area contributed by atoms with E-state index in [0.717, 1.165) is 16.8 Å². The van der Waals surface area contributed by atoms with Gasteiger partial charge in [-0.1, -0.05) is 41.4 Å². The number of allylic oxidation sites excluding steroid dienone is 1. The summed E-state index contributed by atoms with van der Waals surface area (Å²) in [7, 11) is 1.71. The molecule has 0 fully saturated rings. The first-order valence-corrected chi connectivity index (χ1v) is 7.42. The standard InChI is InChI=1S/C17H16Cl2N2O/c1-21-17(8-9-20)12-4-2-5-13(10-12)22-11-14-15(18)6-3-7-16(14)19/h2-10H,11,20H2,1H3/b9-8-,21-17?. The number of nitrogens with two attached hydrogens (primary N) is 1. The molecular formula is C17H16Cl2N2O. The summed E-state index contributed by atoms with van der Waals surface area (Å²) in [5, 5.41) is 1.18. The molecule has 0 aliphatic carbocycles. The van der Waals surface area contributed by atoms with Crippen molar-refractivity contribution in [2.75, 3.05) is 7.05 Å². The largest absolute Gasteiger partial charge is 0.489 e. The Morgan fingerprint density at radius 1 is 1.18 bits per heavy atom. The first-order valence-electron chi connectivity index (χ1n) is 6.67. The Kier molecular flexibility index (Phi) is 5.87. The van der Waals surface area contributed by atoms with Gasteiger partial charge in [0.2, 0.25) is 0 Å². The van der Waals surface area contributed by atoms with E-state index in [1.54, 1.807) is 31.3 Å². The molecule has 0 radical (unpaired) electrons. The Morgan fingerprint density at radius 2 is 1.86 bits per heavy atom. The first-order chi connectivity index (χ1) is 10.7. The third-order valence-electron chi connectivity index (χ3n) is 3.07. The summed E-state index contributed by atoms with van der Waals surface area (Å²) in [4.78, 5) is 4.19. The van der Waals surface area contributed by atoms with E-state index < -0.39 is 0 Å². The Morgan fingerprint density at radius 3 is 2.50 bits per heavy atom. The molecule has 0 unspecified atom stereocenters. The lowest BCUT2D eigenvalue weighted by Gasteiger charge is -2.10. The Labute approximate surface area is 140 Å². The van der Waals surface area contributed by atoms with Gasteiger partial charge < -0.3 is 10.5 Å². The van der Waals surface area contributed by atoms with Crippen LogP contribution in [0, 0.1) is 0 Å². The van der Waals surface area contributed by atoms with Crippen molar-refractivity contribution in [2.45, 2.75) is 6.61 Å². The van der Waals surface area contributed by atoms with Crippen molar-refractivity contribution in [3.05, 3.63) is 75.9 Å². The van der Waals surface area contributed by atoms with Gasteiger partial charge in [-0.25, -0.2) is 0 Å². The molecule has 0 bridgehead atoms. The predicted molar refractivity (Wildman–Crippen MR) is 93.0 cm³/mol. The lowest BCUT2D eigenvalue weighted by molar-refractivity contribution is 0.306. The van der Waals surface area contributed by atoms with Gasteiger partial charge in [0.15, 0.2) is 0 Å². The normalized spacial score (nSPS) is 11.9. The molecular weight excluding hydrogens is 319 g/mol. The fourth-order valence-corrected chi connectivity index (χ4v) is 2.47. The van der Waals surface area contributed by atoms with Crippen molar-refractivity contribution < 1.29 is 4.74 Å². The van der Waals surface area contributed by atoms with Crippen LogP contribution in [0.25, 0.3) is 0 Å². The molecule has 0 spiro atoms. The Balaban J connectivity index is 2.18. The second-order valence-corrected chi connectivity index (χ2v) is 5.30. The van der Waals surface area contributed by atoms with E-state index in [4.69, 9.17) is 33.7 Å². The van der Waals surface area contributed by atoms with Crippen molar-refractivity contribution >= 4 is 28.9 Å². The first kappa shape index (κ1) is 16.4. The molecule has 0 saturated carbocycles. The molecule has 2 N–H and O–H groups in total. The number of aliphatic imine (C=N–C) groups is 1. The van der Waals surface area contributed by atoms with E-state index in [9.17, 15) is 0 Å². The summed E-state index contributed by atoms with van der Waals surface area (Å²) < 4.78 is 5.79. The zero-order chi connectivity index (χ0) is 15.9. The van der Waals surface area contributed by atoms with E-state index in [1.165, 1.54) is 6.20 Å². The molecule has 2 aromatic carbocycles. The summed E-state index contributed by atoms with van der Waals surface area (Å²) in [6.45, 7) is 0.299. The van der Waals surface area contributed by atoms with Crippen LogP contribution in [0.4, 0.5) is 0 Å². The van der Waals surface area contributed by atoms with Crippen LogP contribution >= 0.6 is 23.2 Å². The van der Waals surface area contributed by atoms with Gasteiger partial charge in [-0.2, -0.15) is 0 Å². The van der Waals surface area contributed by atoms with Crippen LogP contribution in [0.15, 0.2) is 59.7 Å². The van der Waals surface area contributed by atoms with Crippen molar-refractivity contribution in [2.24, 2.45) is 10.7 Å². The number of hydrogen-bond donors (Lipinski definition) is 1. The van der Waals surface area contributed by atoms with Crippen LogP contribution in [0.1, 0.15) is 11.1 Å². The summed E-state index contributed by atoms with van der Waals surface area (Å²) >= 11 is 12.3. The predicted octanol–water partition coefficient (Wildman–Crippen LogP) is 4.46.